The molecule has 0 aromatic heterocycles. The van der Waals surface area contributed by atoms with Gasteiger partial charge in [-0.25, -0.2) is 0 Å². The van der Waals surface area contributed by atoms with Crippen LogP contribution in [-0.4, -0.2) is 31.7 Å². The van der Waals surface area contributed by atoms with Crippen molar-refractivity contribution in [2.24, 2.45) is 0 Å². The Morgan fingerprint density at radius 3 is 1.12 bits per heavy atom. The van der Waals surface area contributed by atoms with E-state index >= 15 is 0 Å². The van der Waals surface area contributed by atoms with E-state index in [0.717, 1.165) is 26.2 Å². The first-order valence-electron chi connectivity index (χ1n) is 2.41. The summed E-state index contributed by atoms with van der Waals surface area (Å²) in [6.07, 6.45) is 0. The van der Waals surface area contributed by atoms with E-state index in [-0.39, 0.29) is 56.9 Å². The van der Waals surface area contributed by atoms with Gasteiger partial charge in [-0.1, -0.05) is 0 Å². The predicted molar refractivity (Wildman–Crippen MR) is 27.7 cm³/mol. The maximum atomic E-state index is 3.22. The average molecular weight is 142 g/mol. The standard InChI is InChI=1S/C4H10N2.K.H2O/c1-2-6-4-3-5-1;;/h5-6H,1-4H2;;1H2/q;+1;/p-1. The van der Waals surface area contributed by atoms with Crippen molar-refractivity contribution in [3.63, 3.8) is 0 Å². The van der Waals surface area contributed by atoms with Crippen LogP contribution in [0.15, 0.2) is 0 Å². The Morgan fingerprint density at radius 2 is 1.00 bits per heavy atom. The molecule has 1 aliphatic heterocycles. The van der Waals surface area contributed by atoms with Crippen LogP contribution in [0.3, 0.4) is 0 Å². The summed E-state index contributed by atoms with van der Waals surface area (Å²) in [5, 5.41) is 6.44. The topological polar surface area (TPSA) is 54.1 Å². The second-order valence-corrected chi connectivity index (χ2v) is 1.50. The van der Waals surface area contributed by atoms with Crippen molar-refractivity contribution in [1.29, 1.82) is 0 Å². The zero-order valence-electron chi connectivity index (χ0n) is 5.28. The van der Waals surface area contributed by atoms with Gasteiger partial charge in [0.2, 0.25) is 0 Å². The van der Waals surface area contributed by atoms with Gasteiger partial charge in [-0.05, 0) is 0 Å². The normalized spacial score (nSPS) is 18.0. The Labute approximate surface area is 92.3 Å². The number of hydrogen-bond donors (Lipinski definition) is 2. The van der Waals surface area contributed by atoms with E-state index < -0.39 is 0 Å². The summed E-state index contributed by atoms with van der Waals surface area (Å²) in [6.45, 7) is 4.56. The Balaban J connectivity index is 0. The smallest absolute Gasteiger partial charge is 0.870 e. The molecule has 4 heteroatoms. The van der Waals surface area contributed by atoms with E-state index in [4.69, 9.17) is 0 Å². The molecule has 3 nitrogen and oxygen atoms in total. The molecular weight excluding hydrogens is 131 g/mol. The largest absolute Gasteiger partial charge is 1.00 e. The van der Waals surface area contributed by atoms with Gasteiger partial charge in [0.15, 0.2) is 0 Å². The van der Waals surface area contributed by atoms with Crippen molar-refractivity contribution in [2.45, 2.75) is 0 Å². The fourth-order valence-electron chi connectivity index (χ4n) is 0.604. The van der Waals surface area contributed by atoms with Crippen molar-refractivity contribution in [1.82, 2.24) is 10.6 Å². The molecule has 1 aliphatic rings. The molecule has 0 spiro atoms. The van der Waals surface area contributed by atoms with Crippen LogP contribution in [0.25, 0.3) is 0 Å². The minimum absolute atomic E-state index is 0. The van der Waals surface area contributed by atoms with Gasteiger partial charge in [0, 0.05) is 26.2 Å². The third kappa shape index (κ3) is 5.65. The molecular formula is C4H11KN2O. The maximum Gasteiger partial charge on any atom is 1.00 e. The summed E-state index contributed by atoms with van der Waals surface area (Å²) < 4.78 is 0. The zero-order valence-corrected chi connectivity index (χ0v) is 8.40. The first kappa shape index (κ1) is 12.2. The van der Waals surface area contributed by atoms with Crippen molar-refractivity contribution < 1.29 is 56.9 Å². The van der Waals surface area contributed by atoms with Crippen LogP contribution in [0, 0.1) is 0 Å². The first-order chi connectivity index (χ1) is 3.00. The van der Waals surface area contributed by atoms with Crippen LogP contribution in [-0.2, 0) is 0 Å². The SMILES string of the molecule is C1CNCCN1.[K+].[OH-]. The van der Waals surface area contributed by atoms with Crippen molar-refractivity contribution in [3.05, 3.63) is 0 Å². The number of hydrogen-bond acceptors (Lipinski definition) is 3. The number of nitrogens with one attached hydrogen (secondary N) is 2. The van der Waals surface area contributed by atoms with Crippen LogP contribution in [0.5, 0.6) is 0 Å². The third-order valence-corrected chi connectivity index (χ3v) is 0.957. The van der Waals surface area contributed by atoms with Crippen LogP contribution in [0.1, 0.15) is 0 Å². The fraction of sp³-hybridized carbons (Fsp3) is 1.00. The van der Waals surface area contributed by atoms with Gasteiger partial charge in [-0.2, -0.15) is 0 Å². The molecule has 1 fully saturated rings. The van der Waals surface area contributed by atoms with Crippen LogP contribution < -0.4 is 62.0 Å². The van der Waals surface area contributed by atoms with Crippen molar-refractivity contribution in [3.8, 4) is 0 Å². The van der Waals surface area contributed by atoms with Gasteiger partial charge in [0.25, 0.3) is 0 Å². The molecule has 44 valence electrons. The van der Waals surface area contributed by atoms with E-state index in [2.05, 4.69) is 10.6 Å². The van der Waals surface area contributed by atoms with Gasteiger partial charge in [0.05, 0.1) is 0 Å². The molecule has 0 bridgehead atoms. The summed E-state index contributed by atoms with van der Waals surface area (Å²) in [5.74, 6) is 0. The summed E-state index contributed by atoms with van der Waals surface area (Å²) >= 11 is 0. The maximum absolute atomic E-state index is 3.22. The Kier molecular flexibility index (Phi) is 13.0. The average Bonchev–Trinajstić information content (AvgIpc) is 1.72. The second kappa shape index (κ2) is 8.52. The van der Waals surface area contributed by atoms with E-state index in [0.29, 0.717) is 0 Å². The third-order valence-electron chi connectivity index (χ3n) is 0.957. The molecule has 0 aromatic rings. The van der Waals surface area contributed by atoms with E-state index in [1.165, 1.54) is 0 Å². The minimum Gasteiger partial charge on any atom is -0.870 e. The molecule has 8 heavy (non-hydrogen) atoms. The number of piperazine rings is 1. The van der Waals surface area contributed by atoms with E-state index in [1.54, 1.807) is 0 Å². The molecule has 0 unspecified atom stereocenters. The second-order valence-electron chi connectivity index (χ2n) is 1.50. The summed E-state index contributed by atoms with van der Waals surface area (Å²) in [6, 6.07) is 0. The van der Waals surface area contributed by atoms with Crippen LogP contribution in [0.2, 0.25) is 0 Å². The summed E-state index contributed by atoms with van der Waals surface area (Å²) in [7, 11) is 0. The molecule has 0 atom stereocenters. The van der Waals surface area contributed by atoms with Crippen LogP contribution in [0.4, 0.5) is 0 Å². The van der Waals surface area contributed by atoms with Crippen LogP contribution >= 0.6 is 0 Å². The first-order valence-corrected chi connectivity index (χ1v) is 2.41. The molecule has 0 aliphatic carbocycles. The fourth-order valence-corrected chi connectivity index (χ4v) is 0.604. The zero-order chi connectivity index (χ0) is 4.24. The summed E-state index contributed by atoms with van der Waals surface area (Å²) in [4.78, 5) is 0. The van der Waals surface area contributed by atoms with Gasteiger partial charge < -0.3 is 16.1 Å². The van der Waals surface area contributed by atoms with E-state index in [9.17, 15) is 0 Å². The molecule has 3 N–H and O–H groups in total. The Bertz CT molecular complexity index is 29.5. The molecule has 1 rings (SSSR count). The predicted octanol–water partition coefficient (Wildman–Crippen LogP) is -3.99. The van der Waals surface area contributed by atoms with Gasteiger partial charge >= 0.3 is 51.4 Å². The van der Waals surface area contributed by atoms with Crippen molar-refractivity contribution >= 4 is 0 Å². The molecule has 0 amide bonds. The molecule has 1 heterocycles. The summed E-state index contributed by atoms with van der Waals surface area (Å²) in [5.41, 5.74) is 0. The molecule has 0 aromatic carbocycles. The van der Waals surface area contributed by atoms with Gasteiger partial charge in [-0.3, -0.25) is 0 Å². The van der Waals surface area contributed by atoms with Gasteiger partial charge in [-0.15, -0.1) is 0 Å². The Hall–Kier alpha value is 1.52. The minimum atomic E-state index is 0. The monoisotopic (exact) mass is 142 g/mol. The van der Waals surface area contributed by atoms with E-state index in [1.807, 2.05) is 0 Å². The Morgan fingerprint density at radius 1 is 0.750 bits per heavy atom. The number of rotatable bonds is 0. The molecule has 1 saturated heterocycles. The van der Waals surface area contributed by atoms with Gasteiger partial charge in [0.1, 0.15) is 0 Å². The molecule has 0 radical (unpaired) electrons. The quantitative estimate of drug-likeness (QED) is 0.339. The van der Waals surface area contributed by atoms with Crippen molar-refractivity contribution in [2.75, 3.05) is 26.2 Å². The molecule has 0 saturated carbocycles.